The van der Waals surface area contributed by atoms with Gasteiger partial charge in [0.2, 0.25) is 5.89 Å². The monoisotopic (exact) mass is 377 g/mol. The molecule has 2 N–H and O–H groups in total. The maximum atomic E-state index is 12.1. The highest BCUT2D eigenvalue weighted by Crippen LogP contribution is 2.48. The van der Waals surface area contributed by atoms with E-state index in [2.05, 4.69) is 48.2 Å². The second-order valence-corrected chi connectivity index (χ2v) is 8.39. The molecule has 0 spiro atoms. The fourth-order valence-corrected chi connectivity index (χ4v) is 3.97. The molecule has 0 aliphatic carbocycles. The van der Waals surface area contributed by atoms with Crippen molar-refractivity contribution in [3.63, 3.8) is 0 Å². The molecule has 1 saturated heterocycles. The molecule has 1 aliphatic rings. The number of pyridine rings is 1. The third kappa shape index (κ3) is 2.95. The lowest BCUT2D eigenvalue weighted by atomic mass is 9.63. The standard InChI is InChI=1S/C23H27N3O2/c1-15(2)17-5-7-19(8-6-17)23(27,22(4)13-25-14-22)20-9-18(11-24-12-20)21-26-10-16(3)28-21/h5-12,15,25,27H,13-14H2,1-4H3/t23-/m0/s1. The Hall–Kier alpha value is -2.50. The summed E-state index contributed by atoms with van der Waals surface area (Å²) in [5.41, 5.74) is 2.15. The predicted octanol–water partition coefficient (Wildman–Crippen LogP) is 4.01. The number of aromatic nitrogens is 2. The average molecular weight is 377 g/mol. The Morgan fingerprint density at radius 1 is 1.11 bits per heavy atom. The summed E-state index contributed by atoms with van der Waals surface area (Å²) in [5.74, 6) is 1.71. The summed E-state index contributed by atoms with van der Waals surface area (Å²) in [6, 6.07) is 10.2. The molecule has 5 nitrogen and oxygen atoms in total. The maximum absolute atomic E-state index is 12.1. The molecule has 0 radical (unpaired) electrons. The second-order valence-electron chi connectivity index (χ2n) is 8.39. The van der Waals surface area contributed by atoms with Crippen LogP contribution in [-0.2, 0) is 5.60 Å². The summed E-state index contributed by atoms with van der Waals surface area (Å²) in [4.78, 5) is 8.71. The van der Waals surface area contributed by atoms with Crippen LogP contribution in [0.25, 0.3) is 11.5 Å². The van der Waals surface area contributed by atoms with Crippen molar-refractivity contribution in [3.05, 3.63) is 71.4 Å². The van der Waals surface area contributed by atoms with Crippen LogP contribution in [0.4, 0.5) is 0 Å². The largest absolute Gasteiger partial charge is 0.441 e. The molecule has 3 aromatic rings. The molecule has 1 fully saturated rings. The van der Waals surface area contributed by atoms with Gasteiger partial charge in [-0.25, -0.2) is 4.98 Å². The van der Waals surface area contributed by atoms with Crippen LogP contribution in [0, 0.1) is 12.3 Å². The van der Waals surface area contributed by atoms with E-state index in [1.807, 2.05) is 25.1 Å². The van der Waals surface area contributed by atoms with Crippen LogP contribution in [0.3, 0.4) is 0 Å². The van der Waals surface area contributed by atoms with Crippen molar-refractivity contribution in [2.75, 3.05) is 13.1 Å². The fourth-order valence-electron chi connectivity index (χ4n) is 3.97. The number of nitrogens with one attached hydrogen (secondary N) is 1. The van der Waals surface area contributed by atoms with E-state index >= 15 is 0 Å². The predicted molar refractivity (Wildman–Crippen MR) is 109 cm³/mol. The number of benzene rings is 1. The first-order valence-electron chi connectivity index (χ1n) is 9.75. The van der Waals surface area contributed by atoms with Gasteiger partial charge in [-0.1, -0.05) is 45.0 Å². The van der Waals surface area contributed by atoms with E-state index in [1.165, 1.54) is 5.56 Å². The zero-order chi connectivity index (χ0) is 19.9. The van der Waals surface area contributed by atoms with Gasteiger partial charge in [0.25, 0.3) is 0 Å². The molecule has 4 rings (SSSR count). The molecule has 1 atom stereocenters. The van der Waals surface area contributed by atoms with Gasteiger partial charge in [-0.05, 0) is 30.0 Å². The number of hydrogen-bond acceptors (Lipinski definition) is 5. The Kier molecular flexibility index (Phi) is 4.60. The summed E-state index contributed by atoms with van der Waals surface area (Å²) in [6.07, 6.45) is 5.16. The molecule has 0 saturated carbocycles. The molecular formula is C23H27N3O2. The molecule has 0 bridgehead atoms. The van der Waals surface area contributed by atoms with Crippen molar-refractivity contribution in [2.45, 2.75) is 39.2 Å². The molecule has 2 aromatic heterocycles. The van der Waals surface area contributed by atoms with Gasteiger partial charge in [0, 0.05) is 36.5 Å². The Morgan fingerprint density at radius 2 is 1.82 bits per heavy atom. The van der Waals surface area contributed by atoms with Crippen molar-refractivity contribution < 1.29 is 9.52 Å². The molecule has 146 valence electrons. The summed E-state index contributed by atoms with van der Waals surface area (Å²) >= 11 is 0. The van der Waals surface area contributed by atoms with Gasteiger partial charge in [-0.2, -0.15) is 0 Å². The van der Waals surface area contributed by atoms with Crippen LogP contribution < -0.4 is 5.32 Å². The number of nitrogens with zero attached hydrogens (tertiary/aromatic N) is 2. The minimum absolute atomic E-state index is 0.334. The lowest BCUT2D eigenvalue weighted by Crippen LogP contribution is -2.63. The highest BCUT2D eigenvalue weighted by molar-refractivity contribution is 5.55. The molecule has 0 amide bonds. The van der Waals surface area contributed by atoms with Crippen LogP contribution in [-0.4, -0.2) is 28.2 Å². The van der Waals surface area contributed by atoms with Crippen molar-refractivity contribution in [2.24, 2.45) is 5.41 Å². The van der Waals surface area contributed by atoms with Crippen molar-refractivity contribution >= 4 is 0 Å². The van der Waals surface area contributed by atoms with Gasteiger partial charge in [0.1, 0.15) is 11.4 Å². The molecule has 1 aliphatic heterocycles. The summed E-state index contributed by atoms with van der Waals surface area (Å²) in [6.45, 7) is 9.78. The summed E-state index contributed by atoms with van der Waals surface area (Å²) in [5, 5.41) is 15.4. The van der Waals surface area contributed by atoms with Gasteiger partial charge < -0.3 is 14.8 Å². The molecular weight excluding hydrogens is 350 g/mol. The highest BCUT2D eigenvalue weighted by Gasteiger charge is 2.53. The first kappa shape index (κ1) is 18.8. The van der Waals surface area contributed by atoms with Crippen LogP contribution in [0.5, 0.6) is 0 Å². The molecule has 0 unspecified atom stereocenters. The zero-order valence-electron chi connectivity index (χ0n) is 16.9. The van der Waals surface area contributed by atoms with Gasteiger partial charge >= 0.3 is 0 Å². The molecule has 3 heterocycles. The number of rotatable bonds is 5. The Labute approximate surface area is 165 Å². The SMILES string of the molecule is Cc1cnc(-c2cncc([C@@](O)(c3ccc(C(C)C)cc3)C3(C)CNC3)c2)o1. The van der Waals surface area contributed by atoms with Crippen LogP contribution in [0.1, 0.15) is 49.1 Å². The van der Waals surface area contributed by atoms with E-state index in [0.717, 1.165) is 35.5 Å². The number of hydrogen-bond donors (Lipinski definition) is 2. The van der Waals surface area contributed by atoms with Crippen LogP contribution in [0.2, 0.25) is 0 Å². The highest BCUT2D eigenvalue weighted by atomic mass is 16.4. The molecule has 1 aromatic carbocycles. The average Bonchev–Trinajstić information content (AvgIpc) is 3.12. The quantitative estimate of drug-likeness (QED) is 0.703. The van der Waals surface area contributed by atoms with Gasteiger partial charge in [-0.3, -0.25) is 4.98 Å². The Balaban J connectivity index is 1.83. The van der Waals surface area contributed by atoms with Gasteiger partial charge in [-0.15, -0.1) is 0 Å². The Bertz CT molecular complexity index is 974. The zero-order valence-corrected chi connectivity index (χ0v) is 16.9. The topological polar surface area (TPSA) is 71.2 Å². The van der Waals surface area contributed by atoms with Crippen LogP contribution >= 0.6 is 0 Å². The lowest BCUT2D eigenvalue weighted by Gasteiger charge is -2.52. The number of oxazole rings is 1. The molecule has 5 heteroatoms. The third-order valence-electron chi connectivity index (χ3n) is 5.92. The minimum atomic E-state index is -1.17. The van der Waals surface area contributed by atoms with Crippen molar-refractivity contribution in [1.29, 1.82) is 0 Å². The Morgan fingerprint density at radius 3 is 2.36 bits per heavy atom. The molecule has 28 heavy (non-hydrogen) atoms. The van der Waals surface area contributed by atoms with E-state index in [4.69, 9.17) is 4.42 Å². The van der Waals surface area contributed by atoms with Crippen molar-refractivity contribution in [3.8, 4) is 11.5 Å². The smallest absolute Gasteiger partial charge is 0.227 e. The second kappa shape index (κ2) is 6.83. The van der Waals surface area contributed by atoms with Crippen LogP contribution in [0.15, 0.2) is 53.3 Å². The number of aryl methyl sites for hydroxylation is 1. The first-order chi connectivity index (χ1) is 13.3. The summed E-state index contributed by atoms with van der Waals surface area (Å²) in [7, 11) is 0. The first-order valence-corrected chi connectivity index (χ1v) is 9.75. The van der Waals surface area contributed by atoms with E-state index in [9.17, 15) is 5.11 Å². The lowest BCUT2D eigenvalue weighted by molar-refractivity contribution is -0.0769. The normalized spacial score (nSPS) is 17.9. The van der Waals surface area contributed by atoms with E-state index in [-0.39, 0.29) is 5.41 Å². The fraction of sp³-hybridized carbons (Fsp3) is 0.391. The van der Waals surface area contributed by atoms with Gasteiger partial charge in [0.05, 0.1) is 11.8 Å². The van der Waals surface area contributed by atoms with Gasteiger partial charge in [0.15, 0.2) is 0 Å². The van der Waals surface area contributed by atoms with E-state index in [0.29, 0.717) is 11.8 Å². The third-order valence-corrected chi connectivity index (χ3v) is 5.92. The summed E-state index contributed by atoms with van der Waals surface area (Å²) < 4.78 is 5.67. The minimum Gasteiger partial charge on any atom is -0.441 e. The van der Waals surface area contributed by atoms with Crippen molar-refractivity contribution in [1.82, 2.24) is 15.3 Å². The number of aliphatic hydroxyl groups is 1. The maximum Gasteiger partial charge on any atom is 0.227 e. The van der Waals surface area contributed by atoms with E-state index < -0.39 is 5.60 Å². The van der Waals surface area contributed by atoms with E-state index in [1.54, 1.807) is 18.6 Å².